The lowest BCUT2D eigenvalue weighted by atomic mass is 10.2. The summed E-state index contributed by atoms with van der Waals surface area (Å²) in [6.07, 6.45) is 26.0. The number of aliphatic hydroxyl groups is 3. The summed E-state index contributed by atoms with van der Waals surface area (Å²) in [5, 5.41) is 28.4. The second kappa shape index (κ2) is 21.9. The maximum atomic E-state index is 12.6. The Balaban J connectivity index is 2.44. The van der Waals surface area contributed by atoms with E-state index in [4.69, 9.17) is 14.2 Å². The standard InChI is InChI=1S/C31H42O11/c1-2-3-4-5-6-7-8-9-10-11-12-13-14-15-16-17-18-19-20-21-27(35)41-31(24-34)30(38)40-25(22-32)28(36)39-26(23-33)29(37)42-31/h3-4,6-7,9-10,12-13,15-16,18-19,25-26,32-34H,2,5,8,11,14,17,20-24H2,1H3/b4-3-,7-6-,10-9-,13-12-,16-15-,19-18-. The highest BCUT2D eigenvalue weighted by Gasteiger charge is 2.52. The number of hydrogen-bond acceptors (Lipinski definition) is 11. The van der Waals surface area contributed by atoms with Crippen molar-refractivity contribution in [3.63, 3.8) is 0 Å². The molecule has 1 heterocycles. The van der Waals surface area contributed by atoms with Crippen LogP contribution in [0.2, 0.25) is 0 Å². The Morgan fingerprint density at radius 1 is 0.714 bits per heavy atom. The summed E-state index contributed by atoms with van der Waals surface area (Å²) in [5.41, 5.74) is 0. The van der Waals surface area contributed by atoms with Crippen molar-refractivity contribution in [1.29, 1.82) is 0 Å². The molecule has 3 unspecified atom stereocenters. The predicted molar refractivity (Wildman–Crippen MR) is 153 cm³/mol. The van der Waals surface area contributed by atoms with Crippen LogP contribution in [0.15, 0.2) is 72.9 Å². The Morgan fingerprint density at radius 2 is 1.17 bits per heavy atom. The maximum Gasteiger partial charge on any atom is 0.396 e. The number of rotatable bonds is 18. The van der Waals surface area contributed by atoms with Crippen molar-refractivity contribution < 1.29 is 53.4 Å². The van der Waals surface area contributed by atoms with E-state index in [-0.39, 0.29) is 12.8 Å². The average Bonchev–Trinajstić information content (AvgIpc) is 3.01. The summed E-state index contributed by atoms with van der Waals surface area (Å²) >= 11 is 0. The van der Waals surface area contributed by atoms with Gasteiger partial charge in [0.15, 0.2) is 0 Å². The van der Waals surface area contributed by atoms with Crippen molar-refractivity contribution in [2.24, 2.45) is 0 Å². The molecule has 1 fully saturated rings. The van der Waals surface area contributed by atoms with Gasteiger partial charge in [-0.25, -0.2) is 14.4 Å². The van der Waals surface area contributed by atoms with Crippen molar-refractivity contribution in [3.05, 3.63) is 72.9 Å². The number of aliphatic hydroxyl groups excluding tert-OH is 3. The zero-order valence-electron chi connectivity index (χ0n) is 24.0. The highest BCUT2D eigenvalue weighted by atomic mass is 16.8. The van der Waals surface area contributed by atoms with Crippen molar-refractivity contribution >= 4 is 23.9 Å². The molecular formula is C31H42O11. The summed E-state index contributed by atoms with van der Waals surface area (Å²) in [6, 6.07) is 0. The van der Waals surface area contributed by atoms with Crippen LogP contribution in [-0.2, 0) is 38.1 Å². The van der Waals surface area contributed by atoms with Gasteiger partial charge in [-0.3, -0.25) is 4.79 Å². The van der Waals surface area contributed by atoms with E-state index in [9.17, 15) is 34.5 Å². The van der Waals surface area contributed by atoms with Gasteiger partial charge in [0.1, 0.15) is 6.61 Å². The molecule has 0 aromatic heterocycles. The molecule has 0 saturated carbocycles. The van der Waals surface area contributed by atoms with E-state index < -0.39 is 61.7 Å². The molecular weight excluding hydrogens is 548 g/mol. The van der Waals surface area contributed by atoms with Gasteiger partial charge < -0.3 is 34.3 Å². The molecule has 1 aliphatic rings. The molecule has 232 valence electrons. The molecule has 42 heavy (non-hydrogen) atoms. The second-order valence-electron chi connectivity index (χ2n) is 8.94. The fourth-order valence-electron chi connectivity index (χ4n) is 3.29. The van der Waals surface area contributed by atoms with Gasteiger partial charge in [-0.2, -0.15) is 0 Å². The number of hydrogen-bond donors (Lipinski definition) is 3. The topological polar surface area (TPSA) is 166 Å². The van der Waals surface area contributed by atoms with Crippen LogP contribution in [0.1, 0.15) is 58.3 Å². The first-order chi connectivity index (χ1) is 20.3. The molecule has 1 aliphatic heterocycles. The molecule has 0 aromatic rings. The molecule has 0 aromatic carbocycles. The SMILES string of the molecule is CC/C=C\C/C=C\C/C=C\C/C=C\C/C=C\C/C=C\CCC(=O)OC1(CO)OC(=O)C(CO)OC(=O)C(CO)OC1=O. The lowest BCUT2D eigenvalue weighted by Crippen LogP contribution is -2.53. The van der Waals surface area contributed by atoms with Crippen LogP contribution >= 0.6 is 0 Å². The van der Waals surface area contributed by atoms with Crippen LogP contribution in [0, 0.1) is 0 Å². The van der Waals surface area contributed by atoms with Gasteiger partial charge in [0.05, 0.1) is 13.2 Å². The van der Waals surface area contributed by atoms with Crippen molar-refractivity contribution in [1.82, 2.24) is 0 Å². The zero-order valence-corrected chi connectivity index (χ0v) is 24.0. The summed E-state index contributed by atoms with van der Waals surface area (Å²) in [5.74, 6) is -8.35. The van der Waals surface area contributed by atoms with E-state index in [1.165, 1.54) is 0 Å². The minimum absolute atomic E-state index is 0.216. The maximum absolute atomic E-state index is 12.6. The normalized spacial score (nSPS) is 22.2. The van der Waals surface area contributed by atoms with Gasteiger partial charge in [0.25, 0.3) is 0 Å². The van der Waals surface area contributed by atoms with E-state index in [0.29, 0.717) is 6.42 Å². The van der Waals surface area contributed by atoms with Gasteiger partial charge in [-0.1, -0.05) is 79.8 Å². The quantitative estimate of drug-likeness (QED) is 0.122. The highest BCUT2D eigenvalue weighted by Crippen LogP contribution is 2.22. The van der Waals surface area contributed by atoms with Gasteiger partial charge in [0.2, 0.25) is 12.2 Å². The smallest absolute Gasteiger partial charge is 0.396 e. The molecule has 0 bridgehead atoms. The minimum atomic E-state index is -2.94. The Morgan fingerprint density at radius 3 is 1.62 bits per heavy atom. The number of cyclic esters (lactones) is 3. The first-order valence-electron chi connectivity index (χ1n) is 13.9. The summed E-state index contributed by atoms with van der Waals surface area (Å²) in [7, 11) is 0. The average molecular weight is 591 g/mol. The van der Waals surface area contributed by atoms with E-state index in [1.807, 2.05) is 18.2 Å². The summed E-state index contributed by atoms with van der Waals surface area (Å²) in [6.45, 7) is -1.29. The Labute approximate surface area is 246 Å². The Bertz CT molecular complexity index is 1020. The van der Waals surface area contributed by atoms with Gasteiger partial charge in [-0.15, -0.1) is 0 Å². The molecule has 0 radical (unpaired) electrons. The van der Waals surface area contributed by atoms with E-state index in [0.717, 1.165) is 32.1 Å². The molecule has 11 nitrogen and oxygen atoms in total. The van der Waals surface area contributed by atoms with Crippen molar-refractivity contribution in [2.45, 2.75) is 76.3 Å². The monoisotopic (exact) mass is 590 g/mol. The second-order valence-corrected chi connectivity index (χ2v) is 8.94. The first-order valence-corrected chi connectivity index (χ1v) is 13.9. The fraction of sp³-hybridized carbons (Fsp3) is 0.484. The third-order valence-corrected chi connectivity index (χ3v) is 5.54. The summed E-state index contributed by atoms with van der Waals surface area (Å²) < 4.78 is 19.2. The summed E-state index contributed by atoms with van der Waals surface area (Å²) in [4.78, 5) is 49.2. The van der Waals surface area contributed by atoms with Gasteiger partial charge >= 0.3 is 29.7 Å². The lowest BCUT2D eigenvalue weighted by Gasteiger charge is -2.28. The first kappa shape index (κ1) is 36.2. The molecule has 3 atom stereocenters. The van der Waals surface area contributed by atoms with Crippen molar-refractivity contribution in [3.8, 4) is 0 Å². The van der Waals surface area contributed by atoms with Crippen LogP contribution in [0.25, 0.3) is 0 Å². The number of ether oxygens (including phenoxy) is 4. The van der Waals surface area contributed by atoms with E-state index in [2.05, 4.69) is 60.3 Å². The molecule has 0 aliphatic carbocycles. The molecule has 0 spiro atoms. The van der Waals surface area contributed by atoms with Crippen LogP contribution < -0.4 is 0 Å². The third-order valence-electron chi connectivity index (χ3n) is 5.54. The molecule has 0 amide bonds. The number of carbonyl (C=O) groups is 4. The van der Waals surface area contributed by atoms with E-state index in [1.54, 1.807) is 6.08 Å². The lowest BCUT2D eigenvalue weighted by molar-refractivity contribution is -0.251. The number of esters is 4. The van der Waals surface area contributed by atoms with Gasteiger partial charge in [0, 0.05) is 6.42 Å². The van der Waals surface area contributed by atoms with Crippen LogP contribution in [0.5, 0.6) is 0 Å². The molecule has 3 N–H and O–H groups in total. The van der Waals surface area contributed by atoms with Crippen molar-refractivity contribution in [2.75, 3.05) is 19.8 Å². The van der Waals surface area contributed by atoms with Crippen LogP contribution in [-0.4, -0.2) is 77.0 Å². The fourth-order valence-corrected chi connectivity index (χ4v) is 3.29. The number of carbonyl (C=O) groups excluding carboxylic acids is 4. The van der Waals surface area contributed by atoms with Crippen LogP contribution in [0.4, 0.5) is 0 Å². The van der Waals surface area contributed by atoms with E-state index >= 15 is 0 Å². The largest absolute Gasteiger partial charge is 0.445 e. The zero-order chi connectivity index (χ0) is 31.1. The highest BCUT2D eigenvalue weighted by molar-refractivity contribution is 5.90. The number of allylic oxidation sites excluding steroid dienone is 12. The third kappa shape index (κ3) is 14.2. The Hall–Kier alpha value is -3.80. The molecule has 1 saturated heterocycles. The predicted octanol–water partition coefficient (Wildman–Crippen LogP) is 3.06. The van der Waals surface area contributed by atoms with Crippen LogP contribution in [0.3, 0.4) is 0 Å². The molecule has 11 heteroatoms. The van der Waals surface area contributed by atoms with Gasteiger partial charge in [-0.05, 0) is 44.9 Å². The molecule has 1 rings (SSSR count). The minimum Gasteiger partial charge on any atom is -0.445 e. The Kier molecular flexibility index (Phi) is 18.9.